The fourth-order valence-electron chi connectivity index (χ4n) is 4.50. The van der Waals surface area contributed by atoms with Gasteiger partial charge in [0.05, 0.1) is 23.3 Å². The molecule has 0 N–H and O–H groups in total. The minimum atomic E-state index is -0.376. The molecule has 0 saturated carbocycles. The van der Waals surface area contributed by atoms with Crippen molar-refractivity contribution in [3.8, 4) is 5.75 Å². The predicted molar refractivity (Wildman–Crippen MR) is 127 cm³/mol. The fourth-order valence-corrected chi connectivity index (χ4v) is 4.50. The Morgan fingerprint density at radius 1 is 0.939 bits per heavy atom. The number of hydrogen-bond acceptors (Lipinski definition) is 3. The summed E-state index contributed by atoms with van der Waals surface area (Å²) < 4.78 is 22.4. The topological polar surface area (TPSA) is 47.4 Å². The van der Waals surface area contributed by atoms with Crippen LogP contribution in [0.4, 0.5) is 10.1 Å². The van der Waals surface area contributed by atoms with Crippen LogP contribution in [-0.2, 0) is 11.3 Å². The van der Waals surface area contributed by atoms with Crippen molar-refractivity contribution in [1.29, 1.82) is 0 Å². The predicted octanol–water partition coefficient (Wildman–Crippen LogP) is 5.56. The number of unbranched alkanes of at least 4 members (excludes halogenated alkanes) is 1. The van der Waals surface area contributed by atoms with Gasteiger partial charge in [-0.1, -0.05) is 42.5 Å². The summed E-state index contributed by atoms with van der Waals surface area (Å²) in [6.45, 7) is 1.87. The zero-order valence-electron chi connectivity index (χ0n) is 18.4. The third-order valence-electron chi connectivity index (χ3n) is 6.11. The maximum Gasteiger partial charge on any atom is 0.227 e. The molecule has 2 heterocycles. The molecule has 4 aromatic rings. The van der Waals surface area contributed by atoms with Gasteiger partial charge in [-0.05, 0) is 49.2 Å². The SMILES string of the molecule is O=C1C[C@H](c2nc3ccccc3n2CCCCOc2ccccc2)CN1c1ccccc1F. The molecule has 1 atom stereocenters. The van der Waals surface area contributed by atoms with Crippen LogP contribution in [0.15, 0.2) is 78.9 Å². The minimum Gasteiger partial charge on any atom is -0.494 e. The van der Waals surface area contributed by atoms with Crippen molar-refractivity contribution >= 4 is 22.6 Å². The summed E-state index contributed by atoms with van der Waals surface area (Å²) >= 11 is 0. The molecule has 1 saturated heterocycles. The third-order valence-corrected chi connectivity index (χ3v) is 6.11. The molecule has 1 amide bonds. The van der Waals surface area contributed by atoms with Gasteiger partial charge in [0, 0.05) is 25.4 Å². The molecule has 0 unspecified atom stereocenters. The first-order chi connectivity index (χ1) is 16.2. The van der Waals surface area contributed by atoms with Crippen molar-refractivity contribution in [1.82, 2.24) is 9.55 Å². The number of rotatable bonds is 8. The first-order valence-corrected chi connectivity index (χ1v) is 11.4. The number of hydrogen-bond donors (Lipinski definition) is 0. The summed E-state index contributed by atoms with van der Waals surface area (Å²) in [5.74, 6) is 1.25. The number of para-hydroxylation sites is 4. The molecule has 0 radical (unpaired) electrons. The lowest BCUT2D eigenvalue weighted by Gasteiger charge is -2.18. The van der Waals surface area contributed by atoms with E-state index in [1.807, 2.05) is 48.5 Å². The Balaban J connectivity index is 1.32. The van der Waals surface area contributed by atoms with E-state index in [1.54, 1.807) is 23.1 Å². The van der Waals surface area contributed by atoms with E-state index in [9.17, 15) is 9.18 Å². The quantitative estimate of drug-likeness (QED) is 0.335. The number of amides is 1. The fraction of sp³-hybridized carbons (Fsp3) is 0.259. The minimum absolute atomic E-state index is 0.0695. The van der Waals surface area contributed by atoms with Crippen LogP contribution in [-0.4, -0.2) is 28.6 Å². The van der Waals surface area contributed by atoms with Crippen LogP contribution >= 0.6 is 0 Å². The summed E-state index contributed by atoms with van der Waals surface area (Å²) in [5, 5.41) is 0. The zero-order chi connectivity index (χ0) is 22.6. The maximum absolute atomic E-state index is 14.3. The normalized spacial score (nSPS) is 16.0. The number of carbonyl (C=O) groups is 1. The summed E-state index contributed by atoms with van der Waals surface area (Å²) in [6.07, 6.45) is 2.17. The Labute approximate surface area is 192 Å². The van der Waals surface area contributed by atoms with E-state index in [0.29, 0.717) is 25.3 Å². The number of anilines is 1. The number of carbonyl (C=O) groups excluding carboxylic acids is 1. The number of aryl methyl sites for hydroxylation is 1. The van der Waals surface area contributed by atoms with Crippen LogP contribution in [0.25, 0.3) is 11.0 Å². The average molecular weight is 444 g/mol. The lowest BCUT2D eigenvalue weighted by Crippen LogP contribution is -2.25. The molecule has 6 heteroatoms. The van der Waals surface area contributed by atoms with E-state index in [4.69, 9.17) is 9.72 Å². The van der Waals surface area contributed by atoms with Gasteiger partial charge in [0.15, 0.2) is 0 Å². The summed E-state index contributed by atoms with van der Waals surface area (Å²) in [5.41, 5.74) is 2.32. The number of benzene rings is 3. The smallest absolute Gasteiger partial charge is 0.227 e. The molecule has 168 valence electrons. The highest BCUT2D eigenvalue weighted by atomic mass is 19.1. The number of nitrogens with zero attached hydrogens (tertiary/aromatic N) is 3. The van der Waals surface area contributed by atoms with Gasteiger partial charge in [0.1, 0.15) is 17.4 Å². The monoisotopic (exact) mass is 443 g/mol. The molecule has 1 fully saturated rings. The second kappa shape index (κ2) is 9.45. The molecule has 1 aromatic heterocycles. The third kappa shape index (κ3) is 4.46. The molecule has 1 aliphatic rings. The summed E-state index contributed by atoms with van der Waals surface area (Å²) in [7, 11) is 0. The van der Waals surface area contributed by atoms with Crippen molar-refractivity contribution in [3.63, 3.8) is 0 Å². The maximum atomic E-state index is 14.3. The molecule has 5 rings (SSSR count). The van der Waals surface area contributed by atoms with Gasteiger partial charge in [-0.3, -0.25) is 4.79 Å². The Bertz CT molecular complexity index is 1250. The van der Waals surface area contributed by atoms with E-state index in [2.05, 4.69) is 10.6 Å². The lowest BCUT2D eigenvalue weighted by molar-refractivity contribution is -0.117. The number of imidazole rings is 1. The van der Waals surface area contributed by atoms with Gasteiger partial charge < -0.3 is 14.2 Å². The van der Waals surface area contributed by atoms with Crippen LogP contribution in [0.2, 0.25) is 0 Å². The van der Waals surface area contributed by atoms with Gasteiger partial charge in [-0.15, -0.1) is 0 Å². The van der Waals surface area contributed by atoms with E-state index in [1.165, 1.54) is 6.07 Å². The van der Waals surface area contributed by atoms with Crippen LogP contribution < -0.4 is 9.64 Å². The lowest BCUT2D eigenvalue weighted by atomic mass is 10.1. The van der Waals surface area contributed by atoms with Crippen molar-refractivity contribution in [2.24, 2.45) is 0 Å². The van der Waals surface area contributed by atoms with Gasteiger partial charge in [-0.25, -0.2) is 9.37 Å². The highest BCUT2D eigenvalue weighted by molar-refractivity contribution is 5.96. The molecule has 0 aliphatic carbocycles. The number of ether oxygens (including phenoxy) is 1. The van der Waals surface area contributed by atoms with Crippen LogP contribution in [0, 0.1) is 5.82 Å². The standard InChI is InChI=1S/C27H26FN3O2/c28-22-12-4-6-14-24(22)31-19-20(18-26(31)32)27-29-23-13-5-7-15-25(23)30(27)16-8-9-17-33-21-10-2-1-3-11-21/h1-7,10-15,20H,8-9,16-19H2/t20-/m0/s1. The second-order valence-electron chi connectivity index (χ2n) is 8.34. The first-order valence-electron chi connectivity index (χ1n) is 11.4. The van der Waals surface area contributed by atoms with Crippen molar-refractivity contribution in [3.05, 3.63) is 90.5 Å². The largest absolute Gasteiger partial charge is 0.494 e. The van der Waals surface area contributed by atoms with Gasteiger partial charge in [0.25, 0.3) is 0 Å². The average Bonchev–Trinajstić information content (AvgIpc) is 3.40. The molecule has 3 aromatic carbocycles. The van der Waals surface area contributed by atoms with Crippen molar-refractivity contribution in [2.75, 3.05) is 18.1 Å². The van der Waals surface area contributed by atoms with E-state index >= 15 is 0 Å². The number of fused-ring (bicyclic) bond motifs is 1. The second-order valence-corrected chi connectivity index (χ2v) is 8.34. The highest BCUT2D eigenvalue weighted by Crippen LogP contribution is 2.34. The Morgan fingerprint density at radius 2 is 1.70 bits per heavy atom. The molecule has 0 bridgehead atoms. The summed E-state index contributed by atoms with van der Waals surface area (Å²) in [4.78, 5) is 19.2. The molecule has 1 aliphatic heterocycles. The Morgan fingerprint density at radius 3 is 2.55 bits per heavy atom. The Hall–Kier alpha value is -3.67. The van der Waals surface area contributed by atoms with Crippen LogP contribution in [0.1, 0.15) is 31.0 Å². The van der Waals surface area contributed by atoms with Crippen molar-refractivity contribution < 1.29 is 13.9 Å². The Kier molecular flexibility index (Phi) is 6.07. The first kappa shape index (κ1) is 21.2. The van der Waals surface area contributed by atoms with Gasteiger partial charge in [-0.2, -0.15) is 0 Å². The zero-order valence-corrected chi connectivity index (χ0v) is 18.4. The molecule has 5 nitrogen and oxygen atoms in total. The van der Waals surface area contributed by atoms with Crippen LogP contribution in [0.5, 0.6) is 5.75 Å². The number of aromatic nitrogens is 2. The van der Waals surface area contributed by atoms with E-state index in [-0.39, 0.29) is 17.6 Å². The van der Waals surface area contributed by atoms with Gasteiger partial charge in [0.2, 0.25) is 5.91 Å². The molecule has 0 spiro atoms. The molecular weight excluding hydrogens is 417 g/mol. The summed E-state index contributed by atoms with van der Waals surface area (Å²) in [6, 6.07) is 24.3. The van der Waals surface area contributed by atoms with Gasteiger partial charge >= 0.3 is 0 Å². The molecular formula is C27H26FN3O2. The highest BCUT2D eigenvalue weighted by Gasteiger charge is 2.35. The van der Waals surface area contributed by atoms with Crippen LogP contribution in [0.3, 0.4) is 0 Å². The molecule has 33 heavy (non-hydrogen) atoms. The number of halogens is 1. The van der Waals surface area contributed by atoms with Crippen molar-refractivity contribution in [2.45, 2.75) is 31.7 Å². The van der Waals surface area contributed by atoms with E-state index in [0.717, 1.165) is 42.0 Å². The van der Waals surface area contributed by atoms with E-state index < -0.39 is 0 Å².